The third kappa shape index (κ3) is 4.64. The first-order valence-corrected chi connectivity index (χ1v) is 7.28. The first-order valence-electron chi connectivity index (χ1n) is 6.20. The van der Waals surface area contributed by atoms with Crippen LogP contribution >= 0.6 is 22.6 Å². The average Bonchev–Trinajstić information content (AvgIpc) is 2.45. The van der Waals surface area contributed by atoms with E-state index in [4.69, 9.17) is 4.74 Å². The van der Waals surface area contributed by atoms with Crippen LogP contribution in [0.15, 0.2) is 48.5 Å². The molecule has 0 aromatic heterocycles. The maximum absolute atomic E-state index is 13.0. The van der Waals surface area contributed by atoms with Crippen molar-refractivity contribution in [2.45, 2.75) is 6.10 Å². The molecule has 2 rings (SSSR count). The second-order valence-corrected chi connectivity index (χ2v) is 5.45. The number of halogens is 2. The Bertz CT molecular complexity index is 551. The first-order chi connectivity index (χ1) is 9.65. The molecule has 0 fully saturated rings. The molecule has 2 N–H and O–H groups in total. The normalized spacial score (nSPS) is 11.9. The van der Waals surface area contributed by atoms with Gasteiger partial charge in [0.1, 0.15) is 24.3 Å². The summed E-state index contributed by atoms with van der Waals surface area (Å²) >= 11 is 2.05. The molecule has 2 aromatic carbocycles. The highest BCUT2D eigenvalue weighted by molar-refractivity contribution is 14.1. The van der Waals surface area contributed by atoms with Gasteiger partial charge in [0.25, 0.3) is 0 Å². The predicted molar refractivity (Wildman–Crippen MR) is 85.6 cm³/mol. The first kappa shape index (κ1) is 15.1. The van der Waals surface area contributed by atoms with E-state index in [1.54, 1.807) is 6.07 Å². The van der Waals surface area contributed by atoms with Gasteiger partial charge in [-0.15, -0.1) is 0 Å². The molecule has 106 valence electrons. The Morgan fingerprint density at radius 1 is 1.20 bits per heavy atom. The quantitative estimate of drug-likeness (QED) is 0.748. The second-order valence-electron chi connectivity index (χ2n) is 4.28. The lowest BCUT2D eigenvalue weighted by Crippen LogP contribution is -2.26. The molecular formula is C15H15FINO2. The summed E-state index contributed by atoms with van der Waals surface area (Å²) < 4.78 is 19.2. The SMILES string of the molecule is OC(CNc1ccc(F)cc1I)COc1ccccc1. The van der Waals surface area contributed by atoms with E-state index in [1.165, 1.54) is 12.1 Å². The smallest absolute Gasteiger partial charge is 0.124 e. The van der Waals surface area contributed by atoms with Gasteiger partial charge in [0, 0.05) is 15.8 Å². The summed E-state index contributed by atoms with van der Waals surface area (Å²) in [6.45, 7) is 0.545. The van der Waals surface area contributed by atoms with Crippen LogP contribution in [0.5, 0.6) is 5.75 Å². The summed E-state index contributed by atoms with van der Waals surface area (Å²) in [7, 11) is 0. The van der Waals surface area contributed by atoms with E-state index in [1.807, 2.05) is 52.9 Å². The van der Waals surface area contributed by atoms with Crippen LogP contribution in [0.2, 0.25) is 0 Å². The van der Waals surface area contributed by atoms with Gasteiger partial charge < -0.3 is 15.2 Å². The summed E-state index contributed by atoms with van der Waals surface area (Å²) in [5.74, 6) is 0.454. The highest BCUT2D eigenvalue weighted by Gasteiger charge is 2.07. The molecule has 0 spiro atoms. The molecule has 3 nitrogen and oxygen atoms in total. The number of rotatable bonds is 6. The van der Waals surface area contributed by atoms with Gasteiger partial charge in [0.05, 0.1) is 0 Å². The van der Waals surface area contributed by atoms with Crippen molar-refractivity contribution in [2.24, 2.45) is 0 Å². The minimum Gasteiger partial charge on any atom is -0.491 e. The minimum atomic E-state index is -0.643. The molecule has 0 bridgehead atoms. The van der Waals surface area contributed by atoms with Crippen LogP contribution in [-0.4, -0.2) is 24.4 Å². The zero-order valence-corrected chi connectivity index (χ0v) is 12.9. The molecule has 0 heterocycles. The number of aliphatic hydroxyl groups is 1. The maximum Gasteiger partial charge on any atom is 0.124 e. The fourth-order valence-electron chi connectivity index (χ4n) is 1.63. The molecule has 1 atom stereocenters. The molecule has 20 heavy (non-hydrogen) atoms. The summed E-state index contributed by atoms with van der Waals surface area (Å²) in [5.41, 5.74) is 0.797. The Balaban J connectivity index is 1.79. The molecule has 0 amide bonds. The van der Waals surface area contributed by atoms with Crippen LogP contribution in [-0.2, 0) is 0 Å². The van der Waals surface area contributed by atoms with Crippen LogP contribution in [0.3, 0.4) is 0 Å². The van der Waals surface area contributed by atoms with Crippen molar-refractivity contribution in [1.29, 1.82) is 0 Å². The van der Waals surface area contributed by atoms with Gasteiger partial charge in [-0.05, 0) is 52.9 Å². The van der Waals surface area contributed by atoms with Crippen LogP contribution in [0, 0.1) is 9.39 Å². The molecule has 0 saturated carbocycles. The monoisotopic (exact) mass is 387 g/mol. The van der Waals surface area contributed by atoms with Gasteiger partial charge >= 0.3 is 0 Å². The van der Waals surface area contributed by atoms with Crippen molar-refractivity contribution in [3.05, 3.63) is 57.9 Å². The molecular weight excluding hydrogens is 372 g/mol. The second kappa shape index (κ2) is 7.44. The van der Waals surface area contributed by atoms with Crippen LogP contribution in [0.4, 0.5) is 10.1 Å². The van der Waals surface area contributed by atoms with Crippen LogP contribution in [0.1, 0.15) is 0 Å². The van der Waals surface area contributed by atoms with E-state index in [-0.39, 0.29) is 12.4 Å². The number of hydrogen-bond donors (Lipinski definition) is 2. The summed E-state index contributed by atoms with van der Waals surface area (Å²) in [4.78, 5) is 0. The summed E-state index contributed by atoms with van der Waals surface area (Å²) in [6, 6.07) is 13.8. The maximum atomic E-state index is 13.0. The Morgan fingerprint density at radius 3 is 2.65 bits per heavy atom. The molecule has 5 heteroatoms. The largest absolute Gasteiger partial charge is 0.491 e. The fraction of sp³-hybridized carbons (Fsp3) is 0.200. The lowest BCUT2D eigenvalue weighted by molar-refractivity contribution is 0.117. The van der Waals surface area contributed by atoms with Gasteiger partial charge in [0.15, 0.2) is 0 Å². The Hall–Kier alpha value is -1.34. The number of para-hydroxylation sites is 1. The molecule has 0 aliphatic rings. The Morgan fingerprint density at radius 2 is 1.95 bits per heavy atom. The number of nitrogens with one attached hydrogen (secondary N) is 1. The average molecular weight is 387 g/mol. The van der Waals surface area contributed by atoms with Gasteiger partial charge in [-0.2, -0.15) is 0 Å². The van der Waals surface area contributed by atoms with Crippen molar-refractivity contribution >= 4 is 28.3 Å². The number of ether oxygens (including phenoxy) is 1. The van der Waals surface area contributed by atoms with Gasteiger partial charge in [-0.1, -0.05) is 18.2 Å². The molecule has 2 aromatic rings. The van der Waals surface area contributed by atoms with Crippen molar-refractivity contribution in [3.8, 4) is 5.75 Å². The Kier molecular flexibility index (Phi) is 5.60. The van der Waals surface area contributed by atoms with E-state index in [0.717, 1.165) is 15.0 Å². The topological polar surface area (TPSA) is 41.5 Å². The zero-order valence-electron chi connectivity index (χ0n) is 10.7. The van der Waals surface area contributed by atoms with Crippen molar-refractivity contribution < 1.29 is 14.2 Å². The summed E-state index contributed by atoms with van der Waals surface area (Å²) in [6.07, 6.45) is -0.643. The van der Waals surface area contributed by atoms with E-state index < -0.39 is 6.10 Å². The number of benzene rings is 2. The summed E-state index contributed by atoms with van der Waals surface area (Å²) in [5, 5.41) is 12.9. The number of aliphatic hydroxyl groups excluding tert-OH is 1. The fourth-order valence-corrected chi connectivity index (χ4v) is 2.30. The van der Waals surface area contributed by atoms with E-state index in [0.29, 0.717) is 6.54 Å². The van der Waals surface area contributed by atoms with E-state index in [2.05, 4.69) is 5.32 Å². The highest BCUT2D eigenvalue weighted by atomic mass is 127. The Labute approximate surface area is 130 Å². The van der Waals surface area contributed by atoms with Crippen LogP contribution in [0.25, 0.3) is 0 Å². The lowest BCUT2D eigenvalue weighted by atomic mass is 10.3. The standard InChI is InChI=1S/C15H15FINO2/c16-11-6-7-15(14(17)8-11)18-9-12(19)10-20-13-4-2-1-3-5-13/h1-8,12,18-19H,9-10H2. The van der Waals surface area contributed by atoms with Crippen molar-refractivity contribution in [1.82, 2.24) is 0 Å². The number of anilines is 1. The molecule has 1 unspecified atom stereocenters. The van der Waals surface area contributed by atoms with E-state index in [9.17, 15) is 9.50 Å². The van der Waals surface area contributed by atoms with Gasteiger partial charge in [-0.3, -0.25) is 0 Å². The molecule has 0 aliphatic carbocycles. The molecule has 0 aliphatic heterocycles. The molecule has 0 saturated heterocycles. The highest BCUT2D eigenvalue weighted by Crippen LogP contribution is 2.19. The van der Waals surface area contributed by atoms with E-state index >= 15 is 0 Å². The third-order valence-corrected chi connectivity index (χ3v) is 3.54. The predicted octanol–water partition coefficient (Wildman–Crippen LogP) is 3.28. The minimum absolute atomic E-state index is 0.203. The van der Waals surface area contributed by atoms with Crippen LogP contribution < -0.4 is 10.1 Å². The molecule has 0 radical (unpaired) electrons. The van der Waals surface area contributed by atoms with Gasteiger partial charge in [0.2, 0.25) is 0 Å². The third-order valence-electron chi connectivity index (χ3n) is 2.64. The lowest BCUT2D eigenvalue weighted by Gasteiger charge is -2.14. The van der Waals surface area contributed by atoms with Crippen molar-refractivity contribution in [3.63, 3.8) is 0 Å². The zero-order chi connectivity index (χ0) is 14.4. The van der Waals surface area contributed by atoms with Gasteiger partial charge in [-0.25, -0.2) is 4.39 Å². The van der Waals surface area contributed by atoms with Crippen molar-refractivity contribution in [2.75, 3.05) is 18.5 Å². The number of hydrogen-bond acceptors (Lipinski definition) is 3.